The van der Waals surface area contributed by atoms with Gasteiger partial charge in [0.15, 0.2) is 0 Å². The van der Waals surface area contributed by atoms with Crippen LogP contribution < -0.4 is 16.4 Å². The predicted molar refractivity (Wildman–Crippen MR) is 73.0 cm³/mol. The Morgan fingerprint density at radius 1 is 1.47 bits per heavy atom. The van der Waals surface area contributed by atoms with Gasteiger partial charge >= 0.3 is 6.03 Å². The third kappa shape index (κ3) is 3.23. The number of benzene rings is 1. The SMILES string of the molecule is CC1CNCCN1C(=O)c1cccc(NC(N)=O)c1. The zero-order valence-corrected chi connectivity index (χ0v) is 10.8. The van der Waals surface area contributed by atoms with Gasteiger partial charge in [-0.3, -0.25) is 4.79 Å². The van der Waals surface area contributed by atoms with Crippen LogP contribution in [0, 0.1) is 0 Å². The van der Waals surface area contributed by atoms with Gasteiger partial charge in [0, 0.05) is 36.9 Å². The van der Waals surface area contributed by atoms with Crippen molar-refractivity contribution in [2.45, 2.75) is 13.0 Å². The molecule has 1 saturated heterocycles. The van der Waals surface area contributed by atoms with E-state index < -0.39 is 6.03 Å². The van der Waals surface area contributed by atoms with Gasteiger partial charge in [-0.1, -0.05) is 6.07 Å². The lowest BCUT2D eigenvalue weighted by atomic mass is 10.1. The standard InChI is InChI=1S/C13H18N4O2/c1-9-8-15-5-6-17(9)12(18)10-3-2-4-11(7-10)16-13(14)19/h2-4,7,9,15H,5-6,8H2,1H3,(H3,14,16,19). The minimum absolute atomic E-state index is 0.0258. The Morgan fingerprint density at radius 2 is 2.26 bits per heavy atom. The Morgan fingerprint density at radius 3 is 2.95 bits per heavy atom. The van der Waals surface area contributed by atoms with Crippen molar-refractivity contribution in [2.24, 2.45) is 5.73 Å². The molecule has 1 heterocycles. The highest BCUT2D eigenvalue weighted by Crippen LogP contribution is 2.15. The number of hydrogen-bond donors (Lipinski definition) is 3. The number of carbonyl (C=O) groups is 2. The Labute approximate surface area is 112 Å². The number of nitrogens with two attached hydrogens (primary N) is 1. The van der Waals surface area contributed by atoms with Crippen LogP contribution in [0.3, 0.4) is 0 Å². The minimum Gasteiger partial charge on any atom is -0.351 e. The first-order valence-electron chi connectivity index (χ1n) is 6.26. The van der Waals surface area contributed by atoms with E-state index >= 15 is 0 Å². The summed E-state index contributed by atoms with van der Waals surface area (Å²) in [7, 11) is 0. The molecule has 1 aliphatic heterocycles. The van der Waals surface area contributed by atoms with E-state index in [9.17, 15) is 9.59 Å². The van der Waals surface area contributed by atoms with E-state index in [0.717, 1.165) is 13.1 Å². The number of rotatable bonds is 2. The van der Waals surface area contributed by atoms with Gasteiger partial charge < -0.3 is 21.3 Å². The molecule has 1 fully saturated rings. The van der Waals surface area contributed by atoms with E-state index in [4.69, 9.17) is 5.73 Å². The van der Waals surface area contributed by atoms with Crippen LogP contribution in [0.25, 0.3) is 0 Å². The van der Waals surface area contributed by atoms with Crippen LogP contribution in [-0.2, 0) is 0 Å². The monoisotopic (exact) mass is 262 g/mol. The Kier molecular flexibility index (Phi) is 4.01. The number of amides is 3. The molecule has 0 radical (unpaired) electrons. The van der Waals surface area contributed by atoms with Crippen molar-refractivity contribution >= 4 is 17.6 Å². The van der Waals surface area contributed by atoms with E-state index in [1.165, 1.54) is 0 Å². The molecule has 19 heavy (non-hydrogen) atoms. The normalized spacial score (nSPS) is 19.0. The van der Waals surface area contributed by atoms with Gasteiger partial charge in [-0.2, -0.15) is 0 Å². The summed E-state index contributed by atoms with van der Waals surface area (Å²) in [4.78, 5) is 25.0. The lowest BCUT2D eigenvalue weighted by Gasteiger charge is -2.34. The van der Waals surface area contributed by atoms with Crippen LogP contribution in [0.1, 0.15) is 17.3 Å². The van der Waals surface area contributed by atoms with E-state index in [2.05, 4.69) is 10.6 Å². The summed E-state index contributed by atoms with van der Waals surface area (Å²) in [6.45, 7) is 4.29. The molecule has 0 bridgehead atoms. The van der Waals surface area contributed by atoms with Crippen LogP contribution in [-0.4, -0.2) is 42.5 Å². The maximum atomic E-state index is 12.4. The average Bonchev–Trinajstić information content (AvgIpc) is 2.38. The average molecular weight is 262 g/mol. The molecule has 4 N–H and O–H groups in total. The second-order valence-electron chi connectivity index (χ2n) is 4.62. The zero-order valence-electron chi connectivity index (χ0n) is 10.8. The lowest BCUT2D eigenvalue weighted by Crippen LogP contribution is -2.52. The minimum atomic E-state index is -0.639. The second-order valence-corrected chi connectivity index (χ2v) is 4.62. The summed E-state index contributed by atoms with van der Waals surface area (Å²) >= 11 is 0. The number of carbonyl (C=O) groups excluding carboxylic acids is 2. The molecule has 102 valence electrons. The molecule has 1 aromatic rings. The largest absolute Gasteiger partial charge is 0.351 e. The van der Waals surface area contributed by atoms with Crippen molar-refractivity contribution in [3.8, 4) is 0 Å². The van der Waals surface area contributed by atoms with Crippen molar-refractivity contribution in [1.82, 2.24) is 10.2 Å². The third-order valence-electron chi connectivity index (χ3n) is 3.14. The van der Waals surface area contributed by atoms with E-state index in [0.29, 0.717) is 17.8 Å². The number of urea groups is 1. The van der Waals surface area contributed by atoms with Gasteiger partial charge in [-0.25, -0.2) is 4.79 Å². The summed E-state index contributed by atoms with van der Waals surface area (Å²) in [6.07, 6.45) is 0. The second kappa shape index (κ2) is 5.71. The summed E-state index contributed by atoms with van der Waals surface area (Å²) in [6, 6.07) is 6.33. The summed E-state index contributed by atoms with van der Waals surface area (Å²) in [5.74, 6) is -0.0258. The molecule has 1 unspecified atom stereocenters. The molecule has 1 atom stereocenters. The zero-order chi connectivity index (χ0) is 13.8. The molecule has 6 heteroatoms. The maximum absolute atomic E-state index is 12.4. The first-order chi connectivity index (χ1) is 9.08. The van der Waals surface area contributed by atoms with Crippen molar-refractivity contribution in [3.63, 3.8) is 0 Å². The van der Waals surface area contributed by atoms with E-state index in [-0.39, 0.29) is 11.9 Å². The summed E-state index contributed by atoms with van der Waals surface area (Å²) in [5.41, 5.74) is 6.15. The molecule has 0 spiro atoms. The molecular formula is C13H18N4O2. The molecular weight excluding hydrogens is 244 g/mol. The number of hydrogen-bond acceptors (Lipinski definition) is 3. The Bertz CT molecular complexity index is 489. The van der Waals surface area contributed by atoms with Gasteiger partial charge in [-0.05, 0) is 25.1 Å². The maximum Gasteiger partial charge on any atom is 0.316 e. The Balaban J connectivity index is 2.16. The number of nitrogens with one attached hydrogen (secondary N) is 2. The van der Waals surface area contributed by atoms with Crippen molar-refractivity contribution in [3.05, 3.63) is 29.8 Å². The Hall–Kier alpha value is -2.08. The van der Waals surface area contributed by atoms with Crippen molar-refractivity contribution < 1.29 is 9.59 Å². The summed E-state index contributed by atoms with van der Waals surface area (Å²) < 4.78 is 0. The molecule has 0 saturated carbocycles. The first kappa shape index (κ1) is 13.4. The van der Waals surface area contributed by atoms with Crippen LogP contribution in [0.15, 0.2) is 24.3 Å². The number of anilines is 1. The van der Waals surface area contributed by atoms with Gasteiger partial charge in [0.25, 0.3) is 5.91 Å². The van der Waals surface area contributed by atoms with Crippen LogP contribution in [0.5, 0.6) is 0 Å². The third-order valence-corrected chi connectivity index (χ3v) is 3.14. The first-order valence-corrected chi connectivity index (χ1v) is 6.26. The van der Waals surface area contributed by atoms with Crippen LogP contribution >= 0.6 is 0 Å². The molecule has 1 aromatic carbocycles. The fraction of sp³-hybridized carbons (Fsp3) is 0.385. The smallest absolute Gasteiger partial charge is 0.316 e. The van der Waals surface area contributed by atoms with Crippen molar-refractivity contribution in [1.29, 1.82) is 0 Å². The molecule has 1 aliphatic rings. The van der Waals surface area contributed by atoms with Gasteiger partial charge in [0.1, 0.15) is 0 Å². The molecule has 0 aromatic heterocycles. The van der Waals surface area contributed by atoms with Gasteiger partial charge in [0.05, 0.1) is 0 Å². The number of nitrogens with zero attached hydrogens (tertiary/aromatic N) is 1. The van der Waals surface area contributed by atoms with Crippen LogP contribution in [0.4, 0.5) is 10.5 Å². The van der Waals surface area contributed by atoms with Gasteiger partial charge in [-0.15, -0.1) is 0 Å². The summed E-state index contributed by atoms with van der Waals surface area (Å²) in [5, 5.41) is 5.71. The van der Waals surface area contributed by atoms with E-state index in [1.54, 1.807) is 24.3 Å². The lowest BCUT2D eigenvalue weighted by molar-refractivity contribution is 0.0656. The number of primary amides is 1. The molecule has 6 nitrogen and oxygen atoms in total. The van der Waals surface area contributed by atoms with Gasteiger partial charge in [0.2, 0.25) is 0 Å². The van der Waals surface area contributed by atoms with Crippen molar-refractivity contribution in [2.75, 3.05) is 25.0 Å². The quantitative estimate of drug-likeness (QED) is 0.729. The highest BCUT2D eigenvalue weighted by Gasteiger charge is 2.24. The fourth-order valence-corrected chi connectivity index (χ4v) is 2.18. The topological polar surface area (TPSA) is 87.5 Å². The number of piperazine rings is 1. The fourth-order valence-electron chi connectivity index (χ4n) is 2.18. The highest BCUT2D eigenvalue weighted by atomic mass is 16.2. The van der Waals surface area contributed by atoms with E-state index in [1.807, 2.05) is 11.8 Å². The van der Waals surface area contributed by atoms with Crippen LogP contribution in [0.2, 0.25) is 0 Å². The highest BCUT2D eigenvalue weighted by molar-refractivity contribution is 5.96. The predicted octanol–water partition coefficient (Wildman–Crippen LogP) is 0.611. The molecule has 3 amide bonds. The molecule has 0 aliphatic carbocycles. The molecule has 2 rings (SSSR count).